The molecule has 5 heteroatoms. The van der Waals surface area contributed by atoms with Crippen LogP contribution >= 0.6 is 0 Å². The van der Waals surface area contributed by atoms with Gasteiger partial charge in [0.15, 0.2) is 0 Å². The SMILES string of the molecule is C=Cn1cc(CN(Cc2ccccn2)Cc2ccc(C)o2)c(C)n1. The van der Waals surface area contributed by atoms with E-state index in [4.69, 9.17) is 4.42 Å². The van der Waals surface area contributed by atoms with E-state index >= 15 is 0 Å². The molecule has 0 radical (unpaired) electrons. The van der Waals surface area contributed by atoms with E-state index in [0.29, 0.717) is 0 Å². The van der Waals surface area contributed by atoms with Gasteiger partial charge in [0.05, 0.1) is 17.9 Å². The van der Waals surface area contributed by atoms with E-state index in [-0.39, 0.29) is 0 Å². The minimum Gasteiger partial charge on any atom is -0.465 e. The van der Waals surface area contributed by atoms with Crippen molar-refractivity contribution in [3.05, 3.63) is 77.8 Å². The number of aromatic nitrogens is 3. The fraction of sp³-hybridized carbons (Fsp3) is 0.263. The predicted molar refractivity (Wildman–Crippen MR) is 94.0 cm³/mol. The van der Waals surface area contributed by atoms with Crippen LogP contribution in [0.2, 0.25) is 0 Å². The van der Waals surface area contributed by atoms with Crippen molar-refractivity contribution in [2.75, 3.05) is 0 Å². The van der Waals surface area contributed by atoms with Gasteiger partial charge in [-0.25, -0.2) is 4.68 Å². The molecule has 5 nitrogen and oxygen atoms in total. The molecule has 3 rings (SSSR count). The summed E-state index contributed by atoms with van der Waals surface area (Å²) in [6.07, 6.45) is 5.54. The van der Waals surface area contributed by atoms with Crippen LogP contribution in [0.4, 0.5) is 0 Å². The molecule has 0 atom stereocenters. The second-order valence-electron chi connectivity index (χ2n) is 5.88. The van der Waals surface area contributed by atoms with Crippen molar-refractivity contribution in [1.29, 1.82) is 0 Å². The first kappa shape index (κ1) is 16.2. The van der Waals surface area contributed by atoms with Crippen molar-refractivity contribution in [2.24, 2.45) is 0 Å². The standard InChI is InChI=1S/C19H22N4O/c1-4-23-12-17(16(3)21-23)11-22(13-18-7-5-6-10-20-18)14-19-9-8-15(2)24-19/h4-10,12H,1,11,13-14H2,2-3H3. The zero-order valence-corrected chi connectivity index (χ0v) is 14.1. The van der Waals surface area contributed by atoms with Crippen LogP contribution in [-0.4, -0.2) is 19.7 Å². The molecule has 0 unspecified atom stereocenters. The maximum absolute atomic E-state index is 5.75. The minimum absolute atomic E-state index is 0.725. The van der Waals surface area contributed by atoms with Crippen molar-refractivity contribution in [3.8, 4) is 0 Å². The molecule has 0 aliphatic carbocycles. The van der Waals surface area contributed by atoms with Gasteiger partial charge in [-0.2, -0.15) is 5.10 Å². The van der Waals surface area contributed by atoms with Crippen molar-refractivity contribution < 1.29 is 4.42 Å². The van der Waals surface area contributed by atoms with E-state index < -0.39 is 0 Å². The second kappa shape index (κ2) is 7.27. The van der Waals surface area contributed by atoms with Crippen LogP contribution in [0.5, 0.6) is 0 Å². The fourth-order valence-corrected chi connectivity index (χ4v) is 2.69. The first-order valence-corrected chi connectivity index (χ1v) is 7.99. The lowest BCUT2D eigenvalue weighted by Crippen LogP contribution is -2.23. The molecule has 0 bridgehead atoms. The van der Waals surface area contributed by atoms with Crippen LogP contribution in [0, 0.1) is 13.8 Å². The van der Waals surface area contributed by atoms with Gasteiger partial charge >= 0.3 is 0 Å². The Morgan fingerprint density at radius 3 is 2.67 bits per heavy atom. The Labute approximate surface area is 142 Å². The number of hydrogen-bond acceptors (Lipinski definition) is 4. The van der Waals surface area contributed by atoms with Crippen LogP contribution in [0.1, 0.15) is 28.5 Å². The Morgan fingerprint density at radius 2 is 2.04 bits per heavy atom. The van der Waals surface area contributed by atoms with Crippen LogP contribution in [0.25, 0.3) is 6.20 Å². The molecule has 3 aromatic heterocycles. The van der Waals surface area contributed by atoms with Crippen molar-refractivity contribution >= 4 is 6.20 Å². The number of rotatable bonds is 7. The lowest BCUT2D eigenvalue weighted by atomic mass is 10.2. The number of nitrogens with zero attached hydrogens (tertiary/aromatic N) is 4. The normalized spacial score (nSPS) is 11.1. The number of aryl methyl sites for hydroxylation is 2. The molecule has 0 saturated heterocycles. The van der Waals surface area contributed by atoms with Gasteiger partial charge in [-0.15, -0.1) is 0 Å². The summed E-state index contributed by atoms with van der Waals surface area (Å²) in [6, 6.07) is 10.0. The van der Waals surface area contributed by atoms with Crippen molar-refractivity contribution in [1.82, 2.24) is 19.7 Å². The summed E-state index contributed by atoms with van der Waals surface area (Å²) in [4.78, 5) is 6.75. The van der Waals surface area contributed by atoms with Gasteiger partial charge < -0.3 is 4.42 Å². The average molecular weight is 322 g/mol. The van der Waals surface area contributed by atoms with E-state index in [1.807, 2.05) is 56.6 Å². The van der Waals surface area contributed by atoms with Gasteiger partial charge in [-0.3, -0.25) is 9.88 Å². The summed E-state index contributed by atoms with van der Waals surface area (Å²) < 4.78 is 7.50. The van der Waals surface area contributed by atoms with Crippen LogP contribution in [0.3, 0.4) is 0 Å². The molecule has 0 saturated carbocycles. The first-order valence-electron chi connectivity index (χ1n) is 7.99. The zero-order valence-electron chi connectivity index (χ0n) is 14.1. The van der Waals surface area contributed by atoms with Crippen molar-refractivity contribution in [3.63, 3.8) is 0 Å². The van der Waals surface area contributed by atoms with E-state index in [2.05, 4.69) is 21.6 Å². The quantitative estimate of drug-likeness (QED) is 0.664. The summed E-state index contributed by atoms with van der Waals surface area (Å²) >= 11 is 0. The highest BCUT2D eigenvalue weighted by Gasteiger charge is 2.14. The molecule has 24 heavy (non-hydrogen) atoms. The van der Waals surface area contributed by atoms with E-state index in [1.54, 1.807) is 10.9 Å². The first-order chi connectivity index (χ1) is 11.6. The van der Waals surface area contributed by atoms with E-state index in [1.165, 1.54) is 5.56 Å². The maximum Gasteiger partial charge on any atom is 0.118 e. The van der Waals surface area contributed by atoms with Gasteiger partial charge in [-0.05, 0) is 38.1 Å². The monoisotopic (exact) mass is 322 g/mol. The van der Waals surface area contributed by atoms with E-state index in [0.717, 1.165) is 42.5 Å². The van der Waals surface area contributed by atoms with Gasteiger partial charge in [0.2, 0.25) is 0 Å². The van der Waals surface area contributed by atoms with Gasteiger partial charge in [-0.1, -0.05) is 12.6 Å². The Kier molecular flexibility index (Phi) is 4.91. The Hall–Kier alpha value is -2.66. The molecule has 0 fully saturated rings. The molecule has 0 spiro atoms. The highest BCUT2D eigenvalue weighted by Crippen LogP contribution is 2.16. The maximum atomic E-state index is 5.75. The lowest BCUT2D eigenvalue weighted by molar-refractivity contribution is 0.222. The fourth-order valence-electron chi connectivity index (χ4n) is 2.69. The van der Waals surface area contributed by atoms with Crippen LogP contribution in [-0.2, 0) is 19.6 Å². The van der Waals surface area contributed by atoms with Crippen LogP contribution in [0.15, 0.2) is 53.7 Å². The molecular formula is C19H22N4O. The third-order valence-electron chi connectivity index (χ3n) is 3.89. The summed E-state index contributed by atoms with van der Waals surface area (Å²) in [6.45, 7) is 10.00. The third-order valence-corrected chi connectivity index (χ3v) is 3.89. The van der Waals surface area contributed by atoms with Crippen molar-refractivity contribution in [2.45, 2.75) is 33.5 Å². The minimum atomic E-state index is 0.725. The Morgan fingerprint density at radius 1 is 1.17 bits per heavy atom. The third kappa shape index (κ3) is 4.00. The van der Waals surface area contributed by atoms with Gasteiger partial charge in [0, 0.05) is 37.2 Å². The molecule has 3 heterocycles. The molecular weight excluding hydrogens is 300 g/mol. The molecule has 0 aliphatic rings. The molecule has 0 N–H and O–H groups in total. The average Bonchev–Trinajstić information content (AvgIpc) is 3.14. The summed E-state index contributed by atoms with van der Waals surface area (Å²) in [7, 11) is 0. The zero-order chi connectivity index (χ0) is 16.9. The molecule has 3 aromatic rings. The molecule has 0 aliphatic heterocycles. The summed E-state index contributed by atoms with van der Waals surface area (Å²) in [5.74, 6) is 1.88. The molecule has 0 aromatic carbocycles. The predicted octanol–water partition coefficient (Wildman–Crippen LogP) is 3.79. The van der Waals surface area contributed by atoms with Crippen LogP contribution < -0.4 is 0 Å². The smallest absolute Gasteiger partial charge is 0.118 e. The Balaban J connectivity index is 1.80. The Bertz CT molecular complexity index is 804. The number of hydrogen-bond donors (Lipinski definition) is 0. The number of pyridine rings is 1. The highest BCUT2D eigenvalue weighted by atomic mass is 16.3. The largest absolute Gasteiger partial charge is 0.465 e. The second-order valence-corrected chi connectivity index (χ2v) is 5.88. The van der Waals surface area contributed by atoms with Gasteiger partial charge in [0.25, 0.3) is 0 Å². The highest BCUT2D eigenvalue weighted by molar-refractivity contribution is 5.23. The van der Waals surface area contributed by atoms with E-state index in [9.17, 15) is 0 Å². The van der Waals surface area contributed by atoms with Gasteiger partial charge in [0.1, 0.15) is 11.5 Å². The molecule has 0 amide bonds. The molecule has 124 valence electrons. The number of furan rings is 1. The topological polar surface area (TPSA) is 47.1 Å². The lowest BCUT2D eigenvalue weighted by Gasteiger charge is -2.20. The summed E-state index contributed by atoms with van der Waals surface area (Å²) in [5.41, 5.74) is 3.22. The summed E-state index contributed by atoms with van der Waals surface area (Å²) in [5, 5.41) is 4.43.